The van der Waals surface area contributed by atoms with Crippen LogP contribution in [0.3, 0.4) is 0 Å². The molecule has 1 unspecified atom stereocenters. The van der Waals surface area contributed by atoms with Gasteiger partial charge in [0, 0.05) is 25.6 Å². The lowest BCUT2D eigenvalue weighted by molar-refractivity contribution is -0.159. The summed E-state index contributed by atoms with van der Waals surface area (Å²) in [6, 6.07) is 0. The first-order chi connectivity index (χ1) is 6.69. The highest BCUT2D eigenvalue weighted by molar-refractivity contribution is 6.32. The van der Waals surface area contributed by atoms with Gasteiger partial charge >= 0.3 is 11.9 Å². The quantitative estimate of drug-likeness (QED) is 0.478. The normalized spacial score (nSPS) is 21.0. The largest absolute Gasteiger partial charge is 0.459 e. The fraction of sp³-hybridized carbons (Fsp3) is 0.778. The number of hydrogen-bond acceptors (Lipinski definition) is 4. The third-order valence-electron chi connectivity index (χ3n) is 2.28. The molecule has 0 aliphatic carbocycles. The van der Waals surface area contributed by atoms with E-state index >= 15 is 0 Å². The Hall–Kier alpha value is -1.10. The molecule has 14 heavy (non-hydrogen) atoms. The predicted octanol–water partition coefficient (Wildman–Crippen LogP) is -0.610. The number of carbonyl (C=O) groups is 2. The maximum atomic E-state index is 11.4. The zero-order valence-corrected chi connectivity index (χ0v) is 8.23. The van der Waals surface area contributed by atoms with Gasteiger partial charge in [-0.25, -0.2) is 4.79 Å². The van der Waals surface area contributed by atoms with E-state index in [0.717, 1.165) is 6.42 Å². The Morgan fingerprint density at radius 3 is 2.79 bits per heavy atom. The molecular weight excluding hydrogens is 186 g/mol. The first-order valence-electron chi connectivity index (χ1n) is 4.76. The molecule has 1 heterocycles. The van der Waals surface area contributed by atoms with Crippen LogP contribution in [0.5, 0.6) is 0 Å². The Morgan fingerprint density at radius 1 is 1.57 bits per heavy atom. The molecule has 0 saturated carbocycles. The molecule has 1 amide bonds. The van der Waals surface area contributed by atoms with E-state index in [4.69, 9.17) is 5.11 Å². The van der Waals surface area contributed by atoms with Crippen LogP contribution in [0, 0.1) is 5.92 Å². The van der Waals surface area contributed by atoms with E-state index in [1.54, 1.807) is 6.92 Å². The minimum Gasteiger partial charge on any atom is -0.459 e. The van der Waals surface area contributed by atoms with Crippen molar-refractivity contribution < 1.29 is 19.4 Å². The third-order valence-corrected chi connectivity index (χ3v) is 2.28. The van der Waals surface area contributed by atoms with Crippen molar-refractivity contribution in [1.29, 1.82) is 0 Å². The van der Waals surface area contributed by atoms with Crippen LogP contribution in [0.15, 0.2) is 0 Å². The lowest BCUT2D eigenvalue weighted by atomic mass is 10.1. The molecule has 1 N–H and O–H groups in total. The molecule has 1 fully saturated rings. The van der Waals surface area contributed by atoms with E-state index < -0.39 is 11.9 Å². The summed E-state index contributed by atoms with van der Waals surface area (Å²) in [5.41, 5.74) is 0. The van der Waals surface area contributed by atoms with Crippen molar-refractivity contribution in [2.24, 2.45) is 5.92 Å². The molecule has 0 spiro atoms. The molecule has 5 nitrogen and oxygen atoms in total. The molecule has 1 saturated heterocycles. The van der Waals surface area contributed by atoms with Gasteiger partial charge in [-0.2, -0.15) is 0 Å². The summed E-state index contributed by atoms with van der Waals surface area (Å²) in [4.78, 5) is 23.8. The summed E-state index contributed by atoms with van der Waals surface area (Å²) < 4.78 is 4.59. The summed E-state index contributed by atoms with van der Waals surface area (Å²) in [6.07, 6.45) is 0.752. The Labute approximate surface area is 82.6 Å². The van der Waals surface area contributed by atoms with Crippen molar-refractivity contribution >= 4 is 11.9 Å². The number of rotatable bonds is 2. The highest BCUT2D eigenvalue weighted by Crippen LogP contribution is 2.15. The zero-order valence-electron chi connectivity index (χ0n) is 8.23. The number of amides is 1. The van der Waals surface area contributed by atoms with Crippen molar-refractivity contribution in [3.8, 4) is 0 Å². The van der Waals surface area contributed by atoms with Crippen molar-refractivity contribution in [3.05, 3.63) is 0 Å². The van der Waals surface area contributed by atoms with Gasteiger partial charge in [0.05, 0.1) is 6.61 Å². The maximum Gasteiger partial charge on any atom is 0.397 e. The standard InChI is InChI=1S/C9H15NO4/c1-2-14-9(13)8(12)10-4-3-7(5-10)6-11/h7,11H,2-6H2,1H3. The molecule has 1 aliphatic rings. The van der Waals surface area contributed by atoms with E-state index in [1.165, 1.54) is 4.90 Å². The molecule has 0 radical (unpaired) electrons. The number of ether oxygens (including phenoxy) is 1. The highest BCUT2D eigenvalue weighted by Gasteiger charge is 2.30. The van der Waals surface area contributed by atoms with Crippen molar-refractivity contribution in [2.45, 2.75) is 13.3 Å². The summed E-state index contributed by atoms with van der Waals surface area (Å²) >= 11 is 0. The summed E-state index contributed by atoms with van der Waals surface area (Å²) in [6.45, 7) is 2.91. The number of likely N-dealkylation sites (tertiary alicyclic amines) is 1. The smallest absolute Gasteiger partial charge is 0.397 e. The highest BCUT2D eigenvalue weighted by atomic mass is 16.5. The van der Waals surface area contributed by atoms with Crippen LogP contribution in [-0.4, -0.2) is 48.2 Å². The predicted molar refractivity (Wildman–Crippen MR) is 48.4 cm³/mol. The van der Waals surface area contributed by atoms with Crippen LogP contribution in [0.4, 0.5) is 0 Å². The fourth-order valence-corrected chi connectivity index (χ4v) is 1.49. The number of carbonyl (C=O) groups excluding carboxylic acids is 2. The van der Waals surface area contributed by atoms with Gasteiger partial charge in [-0.1, -0.05) is 0 Å². The van der Waals surface area contributed by atoms with Crippen molar-refractivity contribution in [2.75, 3.05) is 26.3 Å². The van der Waals surface area contributed by atoms with Crippen LogP contribution in [0.1, 0.15) is 13.3 Å². The molecule has 0 bridgehead atoms. The van der Waals surface area contributed by atoms with E-state index in [-0.39, 0.29) is 19.1 Å². The van der Waals surface area contributed by atoms with Crippen LogP contribution in [-0.2, 0) is 14.3 Å². The SMILES string of the molecule is CCOC(=O)C(=O)N1CCC(CO)C1. The van der Waals surface area contributed by atoms with Gasteiger partial charge in [-0.3, -0.25) is 4.79 Å². The summed E-state index contributed by atoms with van der Waals surface area (Å²) in [5.74, 6) is -1.29. The lowest BCUT2D eigenvalue weighted by Gasteiger charge is -2.14. The Balaban J connectivity index is 2.42. The van der Waals surface area contributed by atoms with Crippen LogP contribution < -0.4 is 0 Å². The van der Waals surface area contributed by atoms with Gasteiger partial charge in [0.1, 0.15) is 0 Å². The minimum atomic E-state index is -0.800. The molecule has 5 heteroatoms. The van der Waals surface area contributed by atoms with Crippen molar-refractivity contribution in [3.63, 3.8) is 0 Å². The second-order valence-corrected chi connectivity index (χ2v) is 3.31. The number of hydrogen-bond donors (Lipinski definition) is 1. The first kappa shape index (κ1) is 11.0. The molecule has 0 aromatic rings. The molecule has 1 atom stereocenters. The van der Waals surface area contributed by atoms with Crippen LogP contribution in [0.2, 0.25) is 0 Å². The van der Waals surface area contributed by atoms with Crippen molar-refractivity contribution in [1.82, 2.24) is 4.90 Å². The van der Waals surface area contributed by atoms with Crippen LogP contribution in [0.25, 0.3) is 0 Å². The Kier molecular flexibility index (Phi) is 3.88. The molecule has 1 aliphatic heterocycles. The lowest BCUT2D eigenvalue weighted by Crippen LogP contribution is -2.36. The maximum absolute atomic E-state index is 11.4. The Morgan fingerprint density at radius 2 is 2.29 bits per heavy atom. The molecule has 0 aromatic heterocycles. The minimum absolute atomic E-state index is 0.0621. The van der Waals surface area contributed by atoms with Gasteiger partial charge < -0.3 is 14.7 Å². The second kappa shape index (κ2) is 4.95. The second-order valence-electron chi connectivity index (χ2n) is 3.31. The monoisotopic (exact) mass is 201 g/mol. The number of aliphatic hydroxyl groups is 1. The van der Waals surface area contributed by atoms with Crippen LogP contribution >= 0.6 is 0 Å². The zero-order chi connectivity index (χ0) is 10.6. The van der Waals surface area contributed by atoms with E-state index in [1.807, 2.05) is 0 Å². The summed E-state index contributed by atoms with van der Waals surface area (Å²) in [5, 5.41) is 8.85. The van der Waals surface area contributed by atoms with E-state index in [9.17, 15) is 9.59 Å². The fourth-order valence-electron chi connectivity index (χ4n) is 1.49. The van der Waals surface area contributed by atoms with E-state index in [0.29, 0.717) is 13.1 Å². The average molecular weight is 201 g/mol. The molecule has 1 rings (SSSR count). The molecule has 0 aromatic carbocycles. The number of aliphatic hydroxyl groups excluding tert-OH is 1. The topological polar surface area (TPSA) is 66.8 Å². The molecular formula is C9H15NO4. The summed E-state index contributed by atoms with van der Waals surface area (Å²) in [7, 11) is 0. The van der Waals surface area contributed by atoms with Gasteiger partial charge in [-0.15, -0.1) is 0 Å². The third kappa shape index (κ3) is 2.45. The Bertz CT molecular complexity index is 229. The number of nitrogens with zero attached hydrogens (tertiary/aromatic N) is 1. The average Bonchev–Trinajstić information content (AvgIpc) is 2.65. The molecule has 80 valence electrons. The van der Waals surface area contributed by atoms with Gasteiger partial charge in [-0.05, 0) is 13.3 Å². The van der Waals surface area contributed by atoms with E-state index in [2.05, 4.69) is 4.74 Å². The van der Waals surface area contributed by atoms with Gasteiger partial charge in [0.2, 0.25) is 0 Å². The van der Waals surface area contributed by atoms with Gasteiger partial charge in [0.15, 0.2) is 0 Å². The number of esters is 1. The first-order valence-corrected chi connectivity index (χ1v) is 4.76. The van der Waals surface area contributed by atoms with Gasteiger partial charge in [0.25, 0.3) is 0 Å².